The van der Waals surface area contributed by atoms with E-state index in [2.05, 4.69) is 59.3 Å². The minimum absolute atomic E-state index is 0.513. The molecule has 29 heavy (non-hydrogen) atoms. The summed E-state index contributed by atoms with van der Waals surface area (Å²) < 4.78 is 0. The molecule has 7 heteroatoms. The number of aliphatic imine (C=N–C) groups is 1. The first-order valence-corrected chi connectivity index (χ1v) is 11.1. The molecule has 164 valence electrons. The molecule has 1 fully saturated rings. The lowest BCUT2D eigenvalue weighted by atomic mass is 9.93. The Bertz CT molecular complexity index is 621. The van der Waals surface area contributed by atoms with Crippen molar-refractivity contribution in [2.45, 2.75) is 58.6 Å². The van der Waals surface area contributed by atoms with Crippen LogP contribution in [0, 0.1) is 0 Å². The second kappa shape index (κ2) is 12.0. The van der Waals surface area contributed by atoms with E-state index in [9.17, 15) is 5.11 Å². The van der Waals surface area contributed by atoms with E-state index in [1.807, 2.05) is 12.3 Å². The third-order valence-corrected chi connectivity index (χ3v) is 5.44. The molecule has 1 aromatic rings. The first kappa shape index (κ1) is 23.4. The zero-order chi connectivity index (χ0) is 21.1. The summed E-state index contributed by atoms with van der Waals surface area (Å²) in [6.07, 6.45) is 5.39. The molecule has 0 spiro atoms. The first-order valence-electron chi connectivity index (χ1n) is 11.1. The van der Waals surface area contributed by atoms with E-state index in [1.165, 1.54) is 0 Å². The number of nitrogens with one attached hydrogen (secondary N) is 2. The highest BCUT2D eigenvalue weighted by Gasteiger charge is 2.25. The van der Waals surface area contributed by atoms with Crippen molar-refractivity contribution in [2.24, 2.45) is 4.99 Å². The highest BCUT2D eigenvalue weighted by molar-refractivity contribution is 5.79. The lowest BCUT2D eigenvalue weighted by Gasteiger charge is -2.34. The average molecular weight is 405 g/mol. The topological polar surface area (TPSA) is 76.0 Å². The van der Waals surface area contributed by atoms with Crippen LogP contribution >= 0.6 is 0 Å². The number of aliphatic hydroxyl groups is 1. The Kier molecular flexibility index (Phi) is 9.67. The van der Waals surface area contributed by atoms with Crippen molar-refractivity contribution in [1.82, 2.24) is 20.5 Å². The van der Waals surface area contributed by atoms with E-state index in [-0.39, 0.29) is 0 Å². The van der Waals surface area contributed by atoms with Gasteiger partial charge >= 0.3 is 0 Å². The van der Waals surface area contributed by atoms with Crippen LogP contribution in [0.5, 0.6) is 0 Å². The molecule has 0 aliphatic carbocycles. The maximum absolute atomic E-state index is 10.9. The Balaban J connectivity index is 2.06. The van der Waals surface area contributed by atoms with Crippen molar-refractivity contribution < 1.29 is 5.11 Å². The number of aromatic nitrogens is 1. The van der Waals surface area contributed by atoms with Gasteiger partial charge in [-0.1, -0.05) is 32.8 Å². The summed E-state index contributed by atoms with van der Waals surface area (Å²) in [7, 11) is 2.16. The third-order valence-electron chi connectivity index (χ3n) is 5.44. The van der Waals surface area contributed by atoms with Crippen LogP contribution in [0.2, 0.25) is 0 Å². The Labute approximate surface area is 176 Å². The fourth-order valence-electron chi connectivity index (χ4n) is 3.84. The van der Waals surface area contributed by atoms with Crippen molar-refractivity contribution in [3.8, 4) is 0 Å². The molecule has 1 aliphatic rings. The van der Waals surface area contributed by atoms with E-state index in [1.54, 1.807) is 0 Å². The molecule has 0 bridgehead atoms. The van der Waals surface area contributed by atoms with Gasteiger partial charge in [0.15, 0.2) is 5.96 Å². The van der Waals surface area contributed by atoms with Gasteiger partial charge in [0.05, 0.1) is 12.1 Å². The number of nitrogens with zero attached hydrogens (tertiary/aromatic N) is 4. The SMILES string of the molecule is CCCC(O)(CCC)CNC(=NCc1cccnc1N1CCN(C)CC1)NCC. The van der Waals surface area contributed by atoms with Crippen molar-refractivity contribution in [3.05, 3.63) is 23.9 Å². The zero-order valence-corrected chi connectivity index (χ0v) is 18.7. The Morgan fingerprint density at radius 2 is 1.83 bits per heavy atom. The molecule has 0 radical (unpaired) electrons. The van der Waals surface area contributed by atoms with E-state index in [0.29, 0.717) is 13.1 Å². The number of hydrogen-bond donors (Lipinski definition) is 3. The highest BCUT2D eigenvalue weighted by Crippen LogP contribution is 2.20. The number of guanidine groups is 1. The van der Waals surface area contributed by atoms with Gasteiger partial charge in [-0.15, -0.1) is 0 Å². The largest absolute Gasteiger partial charge is 0.388 e. The summed E-state index contributed by atoms with van der Waals surface area (Å²) >= 11 is 0. The normalized spacial score (nSPS) is 16.2. The predicted octanol–water partition coefficient (Wildman–Crippen LogP) is 2.22. The smallest absolute Gasteiger partial charge is 0.191 e. The molecule has 1 saturated heterocycles. The van der Waals surface area contributed by atoms with Crippen LogP contribution in [-0.2, 0) is 6.54 Å². The number of likely N-dealkylation sites (N-methyl/N-ethyl adjacent to an activating group) is 1. The van der Waals surface area contributed by atoms with Crippen molar-refractivity contribution in [3.63, 3.8) is 0 Å². The van der Waals surface area contributed by atoms with Crippen LogP contribution < -0.4 is 15.5 Å². The van der Waals surface area contributed by atoms with Crippen LogP contribution in [0.25, 0.3) is 0 Å². The van der Waals surface area contributed by atoms with Gasteiger partial charge in [-0.05, 0) is 32.9 Å². The summed E-state index contributed by atoms with van der Waals surface area (Å²) in [6.45, 7) is 12.2. The quantitative estimate of drug-likeness (QED) is 0.410. The Hall–Kier alpha value is -1.86. The standard InChI is InChI=1S/C22H40N6O/c1-5-10-22(29,11-6-2)18-26-21(23-7-3)25-17-19-9-8-12-24-20(19)28-15-13-27(4)14-16-28/h8-9,12,29H,5-7,10-11,13-18H2,1-4H3,(H2,23,25,26). The number of piperazine rings is 1. The number of anilines is 1. The van der Waals surface area contributed by atoms with Crippen molar-refractivity contribution in [1.29, 1.82) is 0 Å². The summed E-state index contributed by atoms with van der Waals surface area (Å²) in [4.78, 5) is 14.1. The van der Waals surface area contributed by atoms with Crippen LogP contribution in [-0.4, -0.2) is 72.9 Å². The van der Waals surface area contributed by atoms with E-state index in [4.69, 9.17) is 4.99 Å². The molecule has 7 nitrogen and oxygen atoms in total. The molecule has 3 N–H and O–H groups in total. The van der Waals surface area contributed by atoms with Gasteiger partial charge in [0.1, 0.15) is 5.82 Å². The number of pyridine rings is 1. The molecule has 0 amide bonds. The molecular formula is C22H40N6O. The lowest BCUT2D eigenvalue weighted by molar-refractivity contribution is 0.0257. The van der Waals surface area contributed by atoms with Crippen LogP contribution in [0.15, 0.2) is 23.3 Å². The Morgan fingerprint density at radius 1 is 1.14 bits per heavy atom. The van der Waals surface area contributed by atoms with Crippen LogP contribution in [0.4, 0.5) is 5.82 Å². The van der Waals surface area contributed by atoms with Gasteiger partial charge < -0.3 is 25.5 Å². The van der Waals surface area contributed by atoms with Gasteiger partial charge in [0.25, 0.3) is 0 Å². The van der Waals surface area contributed by atoms with Crippen molar-refractivity contribution in [2.75, 3.05) is 51.2 Å². The van der Waals surface area contributed by atoms with Gasteiger partial charge in [0.2, 0.25) is 0 Å². The van der Waals surface area contributed by atoms with Gasteiger partial charge in [-0.2, -0.15) is 0 Å². The monoisotopic (exact) mass is 404 g/mol. The minimum Gasteiger partial charge on any atom is -0.388 e. The predicted molar refractivity (Wildman–Crippen MR) is 122 cm³/mol. The fourth-order valence-corrected chi connectivity index (χ4v) is 3.84. The minimum atomic E-state index is -0.682. The summed E-state index contributed by atoms with van der Waals surface area (Å²) in [6, 6.07) is 4.09. The number of hydrogen-bond acceptors (Lipinski definition) is 5. The third kappa shape index (κ3) is 7.48. The summed E-state index contributed by atoms with van der Waals surface area (Å²) in [5.74, 6) is 1.78. The van der Waals surface area contributed by atoms with Crippen LogP contribution in [0.3, 0.4) is 0 Å². The molecule has 0 aromatic carbocycles. The molecular weight excluding hydrogens is 364 g/mol. The summed E-state index contributed by atoms with van der Waals surface area (Å²) in [5.41, 5.74) is 0.450. The van der Waals surface area contributed by atoms with Gasteiger partial charge in [0, 0.05) is 51.0 Å². The van der Waals surface area contributed by atoms with E-state index in [0.717, 1.165) is 75.7 Å². The Morgan fingerprint density at radius 3 is 2.45 bits per heavy atom. The van der Waals surface area contributed by atoms with Gasteiger partial charge in [-0.25, -0.2) is 9.98 Å². The number of rotatable bonds is 10. The molecule has 0 saturated carbocycles. The zero-order valence-electron chi connectivity index (χ0n) is 18.7. The molecule has 2 heterocycles. The average Bonchev–Trinajstić information content (AvgIpc) is 2.71. The highest BCUT2D eigenvalue weighted by atomic mass is 16.3. The molecule has 0 unspecified atom stereocenters. The molecule has 0 atom stereocenters. The maximum atomic E-state index is 10.9. The maximum Gasteiger partial charge on any atom is 0.191 e. The van der Waals surface area contributed by atoms with E-state index >= 15 is 0 Å². The first-order chi connectivity index (χ1) is 14.0. The van der Waals surface area contributed by atoms with Crippen LogP contribution in [0.1, 0.15) is 52.0 Å². The van der Waals surface area contributed by atoms with Gasteiger partial charge in [-0.3, -0.25) is 0 Å². The molecule has 1 aliphatic heterocycles. The second-order valence-corrected chi connectivity index (χ2v) is 8.05. The fraction of sp³-hybridized carbons (Fsp3) is 0.727. The molecule has 1 aromatic heterocycles. The van der Waals surface area contributed by atoms with E-state index < -0.39 is 5.60 Å². The second-order valence-electron chi connectivity index (χ2n) is 8.05. The van der Waals surface area contributed by atoms with Crippen molar-refractivity contribution >= 4 is 11.8 Å². The summed E-state index contributed by atoms with van der Waals surface area (Å²) in [5, 5.41) is 17.5. The molecule has 2 rings (SSSR count). The lowest BCUT2D eigenvalue weighted by Crippen LogP contribution is -2.47.